The van der Waals surface area contributed by atoms with Crippen LogP contribution in [0, 0.1) is 11.8 Å². The van der Waals surface area contributed by atoms with Crippen molar-refractivity contribution in [2.24, 2.45) is 11.8 Å². The van der Waals surface area contributed by atoms with Gasteiger partial charge in [-0.1, -0.05) is 30.3 Å². The van der Waals surface area contributed by atoms with Crippen LogP contribution in [0.5, 0.6) is 0 Å². The van der Waals surface area contributed by atoms with E-state index in [1.807, 2.05) is 6.07 Å². The first-order valence-corrected chi connectivity index (χ1v) is 12.2. The highest BCUT2D eigenvalue weighted by atomic mass is 19.4. The topological polar surface area (TPSA) is 48.5 Å². The van der Waals surface area contributed by atoms with Gasteiger partial charge in [-0.15, -0.1) is 0 Å². The number of hydrogen-bond donors (Lipinski definition) is 1. The van der Waals surface area contributed by atoms with Crippen LogP contribution in [-0.2, 0) is 17.5 Å². The van der Waals surface area contributed by atoms with E-state index in [0.717, 1.165) is 70.9 Å². The fourth-order valence-corrected chi connectivity index (χ4v) is 4.96. The van der Waals surface area contributed by atoms with Crippen LogP contribution in [-0.4, -0.2) is 48.5 Å². The molecule has 3 heterocycles. The molecule has 8 heteroatoms. The van der Waals surface area contributed by atoms with Crippen LogP contribution < -0.4 is 10.2 Å². The summed E-state index contributed by atoms with van der Waals surface area (Å²) in [7, 11) is 0. The van der Waals surface area contributed by atoms with Crippen molar-refractivity contribution in [1.29, 1.82) is 0 Å². The third-order valence-electron chi connectivity index (χ3n) is 7.02. The van der Waals surface area contributed by atoms with E-state index in [-0.39, 0.29) is 11.8 Å². The van der Waals surface area contributed by atoms with E-state index in [9.17, 15) is 18.0 Å². The second-order valence-corrected chi connectivity index (χ2v) is 9.41. The van der Waals surface area contributed by atoms with Gasteiger partial charge >= 0.3 is 6.18 Å². The molecule has 0 atom stereocenters. The minimum absolute atomic E-state index is 0.00423. The maximum absolute atomic E-state index is 13.3. The van der Waals surface area contributed by atoms with Gasteiger partial charge in [0.15, 0.2) is 0 Å². The van der Waals surface area contributed by atoms with E-state index in [1.54, 1.807) is 4.90 Å². The van der Waals surface area contributed by atoms with Crippen LogP contribution in [0.1, 0.15) is 43.4 Å². The summed E-state index contributed by atoms with van der Waals surface area (Å²) in [4.78, 5) is 21.1. The molecule has 2 aromatic rings. The lowest BCUT2D eigenvalue weighted by molar-refractivity contribution is -0.141. The maximum atomic E-state index is 13.3. The van der Waals surface area contributed by atoms with E-state index in [2.05, 4.69) is 39.5 Å². The Hall–Kier alpha value is -2.45. The second-order valence-electron chi connectivity index (χ2n) is 9.41. The van der Waals surface area contributed by atoms with Crippen LogP contribution in [0.4, 0.5) is 18.9 Å². The van der Waals surface area contributed by atoms with Crippen molar-refractivity contribution in [2.75, 3.05) is 37.6 Å². The zero-order valence-electron chi connectivity index (χ0n) is 19.4. The molecule has 2 aliphatic heterocycles. The zero-order chi connectivity index (χ0) is 24.0. The average Bonchev–Trinajstić information content (AvgIpc) is 2.86. The summed E-state index contributed by atoms with van der Waals surface area (Å²) in [5.74, 6) is 0.401. The molecule has 2 aliphatic rings. The number of benzene rings is 1. The fraction of sp³-hybridized carbons (Fsp3) is 0.538. The number of halogens is 3. The first-order valence-electron chi connectivity index (χ1n) is 12.2. The molecule has 0 spiro atoms. The lowest BCUT2D eigenvalue weighted by Crippen LogP contribution is -2.42. The average molecular weight is 475 g/mol. The van der Waals surface area contributed by atoms with E-state index in [0.29, 0.717) is 18.2 Å². The van der Waals surface area contributed by atoms with Gasteiger partial charge in [0, 0.05) is 19.0 Å². The predicted molar refractivity (Wildman–Crippen MR) is 126 cm³/mol. The third-order valence-corrected chi connectivity index (χ3v) is 7.02. The summed E-state index contributed by atoms with van der Waals surface area (Å²) < 4.78 is 38.9. The van der Waals surface area contributed by atoms with E-state index >= 15 is 0 Å². The quantitative estimate of drug-likeness (QED) is 0.630. The highest BCUT2D eigenvalue weighted by Gasteiger charge is 2.33. The van der Waals surface area contributed by atoms with Crippen molar-refractivity contribution in [2.45, 2.75) is 44.8 Å². The maximum Gasteiger partial charge on any atom is 0.433 e. The number of piperidine rings is 2. The molecule has 1 aromatic carbocycles. The molecule has 2 saturated heterocycles. The molecule has 1 amide bonds. The molecule has 0 unspecified atom stereocenters. The summed E-state index contributed by atoms with van der Waals surface area (Å²) in [6.45, 7) is 5.07. The molecular weight excluding hydrogens is 441 g/mol. The number of nitrogens with one attached hydrogen (secondary N) is 1. The number of hydrogen-bond acceptors (Lipinski definition) is 4. The predicted octanol–water partition coefficient (Wildman–Crippen LogP) is 4.74. The van der Waals surface area contributed by atoms with Crippen LogP contribution in [0.2, 0.25) is 0 Å². The van der Waals surface area contributed by atoms with Crippen LogP contribution in [0.15, 0.2) is 48.7 Å². The van der Waals surface area contributed by atoms with Gasteiger partial charge in [-0.2, -0.15) is 13.2 Å². The van der Waals surface area contributed by atoms with Crippen molar-refractivity contribution in [3.8, 4) is 0 Å². The number of anilines is 1. The normalized spacial score (nSPS) is 18.7. The second kappa shape index (κ2) is 11.3. The molecule has 34 heavy (non-hydrogen) atoms. The number of aromatic nitrogens is 1. The lowest BCUT2D eigenvalue weighted by Gasteiger charge is -2.34. The Balaban J connectivity index is 1.37. The fourth-order valence-electron chi connectivity index (χ4n) is 4.96. The summed E-state index contributed by atoms with van der Waals surface area (Å²) in [6, 6.07) is 12.8. The van der Waals surface area contributed by atoms with Crippen LogP contribution in [0.25, 0.3) is 0 Å². The van der Waals surface area contributed by atoms with Gasteiger partial charge in [-0.25, -0.2) is 4.98 Å². The van der Waals surface area contributed by atoms with Gasteiger partial charge in [0.1, 0.15) is 5.69 Å². The molecule has 2 fully saturated rings. The highest BCUT2D eigenvalue weighted by Crippen LogP contribution is 2.30. The number of carbonyl (C=O) groups is 1. The number of amides is 1. The lowest BCUT2D eigenvalue weighted by atomic mass is 9.92. The van der Waals surface area contributed by atoms with Gasteiger partial charge < -0.3 is 10.2 Å². The Morgan fingerprint density at radius 1 is 1.03 bits per heavy atom. The Morgan fingerprint density at radius 2 is 1.74 bits per heavy atom. The van der Waals surface area contributed by atoms with Gasteiger partial charge in [0.2, 0.25) is 5.91 Å². The first kappa shape index (κ1) is 24.7. The number of likely N-dealkylation sites (tertiary alicyclic amines) is 1. The first-order chi connectivity index (χ1) is 16.4. The molecular formula is C26H33F3N4O. The Labute approximate surface area is 199 Å². The van der Waals surface area contributed by atoms with Crippen LogP contribution >= 0.6 is 0 Å². The molecule has 4 rings (SSSR count). The summed E-state index contributed by atoms with van der Waals surface area (Å²) >= 11 is 0. The standard InChI is InChI=1S/C26H33F3N4O/c27-26(28,29)24-7-6-23(18-31-24)33(25(34)22-8-13-30-14-9-22)17-12-20-10-15-32(16-11-20)19-21-4-2-1-3-5-21/h1-7,18,20,22,30H,8-17,19H2. The highest BCUT2D eigenvalue weighted by molar-refractivity contribution is 5.95. The van der Waals surface area contributed by atoms with E-state index in [1.165, 1.54) is 17.8 Å². The molecule has 1 aromatic heterocycles. The molecule has 0 saturated carbocycles. The van der Waals surface area contributed by atoms with Crippen molar-refractivity contribution < 1.29 is 18.0 Å². The number of nitrogens with zero attached hydrogens (tertiary/aromatic N) is 3. The molecule has 5 nitrogen and oxygen atoms in total. The number of alkyl halides is 3. The summed E-state index contributed by atoms with van der Waals surface area (Å²) in [6.07, 6.45) is 1.18. The van der Waals surface area contributed by atoms with Gasteiger partial charge in [0.05, 0.1) is 11.9 Å². The minimum Gasteiger partial charge on any atom is -0.317 e. The molecule has 1 N–H and O–H groups in total. The Kier molecular flexibility index (Phi) is 8.21. The largest absolute Gasteiger partial charge is 0.433 e. The molecule has 0 aliphatic carbocycles. The van der Waals surface area contributed by atoms with Crippen LogP contribution in [0.3, 0.4) is 0 Å². The molecule has 0 radical (unpaired) electrons. The van der Waals surface area contributed by atoms with Crippen molar-refractivity contribution in [3.63, 3.8) is 0 Å². The monoisotopic (exact) mass is 474 g/mol. The molecule has 184 valence electrons. The Morgan fingerprint density at radius 3 is 2.35 bits per heavy atom. The SMILES string of the molecule is O=C(C1CCNCC1)N(CCC1CCN(Cc2ccccc2)CC1)c1ccc(C(F)(F)F)nc1. The Bertz CT molecular complexity index is 906. The summed E-state index contributed by atoms with van der Waals surface area (Å²) in [5, 5.41) is 3.26. The summed E-state index contributed by atoms with van der Waals surface area (Å²) in [5.41, 5.74) is 0.837. The van der Waals surface area contributed by atoms with Crippen molar-refractivity contribution in [1.82, 2.24) is 15.2 Å². The van der Waals surface area contributed by atoms with E-state index < -0.39 is 11.9 Å². The number of carbonyl (C=O) groups excluding carboxylic acids is 1. The minimum atomic E-state index is -4.49. The smallest absolute Gasteiger partial charge is 0.317 e. The van der Waals surface area contributed by atoms with Gasteiger partial charge in [-0.05, 0) is 81.9 Å². The van der Waals surface area contributed by atoms with Crippen molar-refractivity contribution >= 4 is 11.6 Å². The van der Waals surface area contributed by atoms with Gasteiger partial charge in [0.25, 0.3) is 0 Å². The zero-order valence-corrected chi connectivity index (χ0v) is 19.4. The number of pyridine rings is 1. The molecule has 0 bridgehead atoms. The van der Waals surface area contributed by atoms with Gasteiger partial charge in [-0.3, -0.25) is 9.69 Å². The van der Waals surface area contributed by atoms with Crippen molar-refractivity contribution in [3.05, 3.63) is 59.9 Å². The van der Waals surface area contributed by atoms with E-state index in [4.69, 9.17) is 0 Å². The third kappa shape index (κ3) is 6.57. The number of rotatable bonds is 7.